The molecular weight excluding hydrogens is 220 g/mol. The van der Waals surface area contributed by atoms with E-state index in [9.17, 15) is 0 Å². The van der Waals surface area contributed by atoms with Crippen molar-refractivity contribution in [3.8, 4) is 0 Å². The minimum absolute atomic E-state index is 0.656. The molecule has 0 aromatic heterocycles. The number of rotatable bonds is 4. The van der Waals surface area contributed by atoms with E-state index in [0.717, 1.165) is 13.1 Å². The predicted octanol–water partition coefficient (Wildman–Crippen LogP) is 2.64. The van der Waals surface area contributed by atoms with Crippen LogP contribution in [0.15, 0.2) is 24.3 Å². The molecule has 1 N–H and O–H groups in total. The summed E-state index contributed by atoms with van der Waals surface area (Å²) in [6.07, 6.45) is 0. The van der Waals surface area contributed by atoms with Crippen LogP contribution < -0.4 is 5.32 Å². The summed E-state index contributed by atoms with van der Waals surface area (Å²) in [6, 6.07) is 9.02. The van der Waals surface area contributed by atoms with E-state index >= 15 is 0 Å². The van der Waals surface area contributed by atoms with Crippen LogP contribution in [0.5, 0.6) is 0 Å². The maximum absolute atomic E-state index is 3.42. The van der Waals surface area contributed by atoms with Gasteiger partial charge in [-0.3, -0.25) is 0 Å². The third-order valence-electron chi connectivity index (χ3n) is 3.94. The SMILES string of the molecule is Cc1cccc(C(CN2CCNCC2)C(C)C)c1. The second-order valence-corrected chi connectivity index (χ2v) is 5.82. The normalized spacial score (nSPS) is 19.1. The molecule has 1 unspecified atom stereocenters. The van der Waals surface area contributed by atoms with E-state index in [0.29, 0.717) is 11.8 Å². The van der Waals surface area contributed by atoms with E-state index in [1.807, 2.05) is 0 Å². The molecule has 1 aliphatic rings. The molecule has 0 saturated carbocycles. The Morgan fingerprint density at radius 2 is 1.94 bits per heavy atom. The van der Waals surface area contributed by atoms with Gasteiger partial charge in [-0.15, -0.1) is 0 Å². The van der Waals surface area contributed by atoms with Gasteiger partial charge in [-0.05, 0) is 24.3 Å². The van der Waals surface area contributed by atoms with Crippen LogP contribution in [0, 0.1) is 12.8 Å². The van der Waals surface area contributed by atoms with Crippen molar-refractivity contribution in [3.63, 3.8) is 0 Å². The Balaban J connectivity index is 2.07. The summed E-state index contributed by atoms with van der Waals surface area (Å²) < 4.78 is 0. The van der Waals surface area contributed by atoms with E-state index in [1.165, 1.54) is 30.8 Å². The van der Waals surface area contributed by atoms with Gasteiger partial charge in [0.1, 0.15) is 0 Å². The lowest BCUT2D eigenvalue weighted by Crippen LogP contribution is -2.45. The number of benzene rings is 1. The second kappa shape index (κ2) is 6.35. The smallest absolute Gasteiger partial charge is 0.0108 e. The maximum Gasteiger partial charge on any atom is 0.0108 e. The molecule has 0 spiro atoms. The fraction of sp³-hybridized carbons (Fsp3) is 0.625. The lowest BCUT2D eigenvalue weighted by atomic mass is 9.87. The average molecular weight is 246 g/mol. The molecule has 1 aliphatic heterocycles. The molecule has 0 aliphatic carbocycles. The molecule has 0 radical (unpaired) electrons. The maximum atomic E-state index is 3.42. The summed E-state index contributed by atoms with van der Waals surface area (Å²) in [7, 11) is 0. The van der Waals surface area contributed by atoms with Crippen LogP contribution in [0.2, 0.25) is 0 Å². The number of hydrogen-bond donors (Lipinski definition) is 1. The van der Waals surface area contributed by atoms with Gasteiger partial charge >= 0.3 is 0 Å². The zero-order valence-electron chi connectivity index (χ0n) is 11.9. The van der Waals surface area contributed by atoms with Crippen LogP contribution in [-0.4, -0.2) is 37.6 Å². The third kappa shape index (κ3) is 3.56. The molecule has 1 fully saturated rings. The van der Waals surface area contributed by atoms with Gasteiger partial charge < -0.3 is 10.2 Å². The zero-order valence-corrected chi connectivity index (χ0v) is 11.9. The molecule has 1 heterocycles. The molecule has 1 atom stereocenters. The Morgan fingerprint density at radius 1 is 1.22 bits per heavy atom. The number of nitrogens with zero attached hydrogens (tertiary/aromatic N) is 1. The van der Waals surface area contributed by atoms with Crippen molar-refractivity contribution in [3.05, 3.63) is 35.4 Å². The molecule has 2 nitrogen and oxygen atoms in total. The highest BCUT2D eigenvalue weighted by molar-refractivity contribution is 5.26. The Labute approximate surface area is 111 Å². The summed E-state index contributed by atoms with van der Waals surface area (Å²) in [5.74, 6) is 1.35. The van der Waals surface area contributed by atoms with Crippen molar-refractivity contribution in [1.82, 2.24) is 10.2 Å². The van der Waals surface area contributed by atoms with Crippen LogP contribution in [0.4, 0.5) is 0 Å². The van der Waals surface area contributed by atoms with Crippen molar-refractivity contribution in [2.45, 2.75) is 26.7 Å². The first-order chi connectivity index (χ1) is 8.66. The van der Waals surface area contributed by atoms with Gasteiger partial charge in [-0.2, -0.15) is 0 Å². The molecular formula is C16H26N2. The molecule has 2 heteroatoms. The highest BCUT2D eigenvalue weighted by Gasteiger charge is 2.20. The third-order valence-corrected chi connectivity index (χ3v) is 3.94. The van der Waals surface area contributed by atoms with Gasteiger partial charge in [0.2, 0.25) is 0 Å². The predicted molar refractivity (Wildman–Crippen MR) is 78.1 cm³/mol. The zero-order chi connectivity index (χ0) is 13.0. The first-order valence-electron chi connectivity index (χ1n) is 7.16. The Morgan fingerprint density at radius 3 is 2.56 bits per heavy atom. The molecule has 1 saturated heterocycles. The van der Waals surface area contributed by atoms with Crippen molar-refractivity contribution in [1.29, 1.82) is 0 Å². The van der Waals surface area contributed by atoms with Gasteiger partial charge in [0, 0.05) is 32.7 Å². The first-order valence-corrected chi connectivity index (χ1v) is 7.16. The van der Waals surface area contributed by atoms with Gasteiger partial charge in [-0.25, -0.2) is 0 Å². The molecule has 1 aromatic carbocycles. The largest absolute Gasteiger partial charge is 0.314 e. The summed E-state index contributed by atoms with van der Waals surface area (Å²) in [5.41, 5.74) is 2.88. The number of aryl methyl sites for hydroxylation is 1. The summed E-state index contributed by atoms with van der Waals surface area (Å²) in [4.78, 5) is 2.60. The van der Waals surface area contributed by atoms with Crippen LogP contribution in [0.3, 0.4) is 0 Å². The Bertz CT molecular complexity index is 367. The first kappa shape index (κ1) is 13.6. The van der Waals surface area contributed by atoms with Crippen LogP contribution in [0.25, 0.3) is 0 Å². The standard InChI is InChI=1S/C16H26N2/c1-13(2)16(12-18-9-7-17-8-10-18)15-6-4-5-14(3)11-15/h4-6,11,13,16-17H,7-10,12H2,1-3H3. The molecule has 0 bridgehead atoms. The highest BCUT2D eigenvalue weighted by Crippen LogP contribution is 2.26. The molecule has 100 valence electrons. The monoisotopic (exact) mass is 246 g/mol. The van der Waals surface area contributed by atoms with Gasteiger partial charge in [0.05, 0.1) is 0 Å². The Hall–Kier alpha value is -0.860. The minimum atomic E-state index is 0.656. The van der Waals surface area contributed by atoms with Gasteiger partial charge in [0.25, 0.3) is 0 Å². The van der Waals surface area contributed by atoms with Crippen LogP contribution in [-0.2, 0) is 0 Å². The quantitative estimate of drug-likeness (QED) is 0.878. The lowest BCUT2D eigenvalue weighted by molar-refractivity contribution is 0.212. The minimum Gasteiger partial charge on any atom is -0.314 e. The number of hydrogen-bond acceptors (Lipinski definition) is 2. The van der Waals surface area contributed by atoms with Crippen molar-refractivity contribution >= 4 is 0 Å². The topological polar surface area (TPSA) is 15.3 Å². The van der Waals surface area contributed by atoms with E-state index in [1.54, 1.807) is 0 Å². The molecule has 18 heavy (non-hydrogen) atoms. The summed E-state index contributed by atoms with van der Waals surface area (Å²) >= 11 is 0. The van der Waals surface area contributed by atoms with E-state index in [4.69, 9.17) is 0 Å². The molecule has 0 amide bonds. The Kier molecular flexibility index (Phi) is 4.79. The number of nitrogens with one attached hydrogen (secondary N) is 1. The lowest BCUT2D eigenvalue weighted by Gasteiger charge is -2.33. The summed E-state index contributed by atoms with van der Waals surface area (Å²) in [6.45, 7) is 12.7. The van der Waals surface area contributed by atoms with E-state index in [2.05, 4.69) is 55.3 Å². The molecule has 1 aromatic rings. The van der Waals surface area contributed by atoms with Gasteiger partial charge in [-0.1, -0.05) is 43.7 Å². The van der Waals surface area contributed by atoms with Crippen molar-refractivity contribution in [2.75, 3.05) is 32.7 Å². The summed E-state index contributed by atoms with van der Waals surface area (Å²) in [5, 5.41) is 3.42. The number of piperazine rings is 1. The average Bonchev–Trinajstić information content (AvgIpc) is 2.37. The van der Waals surface area contributed by atoms with E-state index in [-0.39, 0.29) is 0 Å². The van der Waals surface area contributed by atoms with E-state index < -0.39 is 0 Å². The van der Waals surface area contributed by atoms with Crippen LogP contribution in [0.1, 0.15) is 30.9 Å². The fourth-order valence-corrected chi connectivity index (χ4v) is 2.77. The van der Waals surface area contributed by atoms with Gasteiger partial charge in [0.15, 0.2) is 0 Å². The van der Waals surface area contributed by atoms with Crippen molar-refractivity contribution < 1.29 is 0 Å². The van der Waals surface area contributed by atoms with Crippen molar-refractivity contribution in [2.24, 2.45) is 5.92 Å². The highest BCUT2D eigenvalue weighted by atomic mass is 15.2. The van der Waals surface area contributed by atoms with Crippen LogP contribution >= 0.6 is 0 Å². The second-order valence-electron chi connectivity index (χ2n) is 5.82. The fourth-order valence-electron chi connectivity index (χ4n) is 2.77. The molecule has 2 rings (SSSR count).